The molecule has 152 valence electrons. The number of imide groups is 1. The highest BCUT2D eigenvalue weighted by molar-refractivity contribution is 6.16. The molecule has 1 aliphatic carbocycles. The van der Waals surface area contributed by atoms with Gasteiger partial charge in [-0.3, -0.25) is 24.7 Å². The molecule has 3 amide bonds. The van der Waals surface area contributed by atoms with Crippen LogP contribution in [0.5, 0.6) is 0 Å². The summed E-state index contributed by atoms with van der Waals surface area (Å²) in [5, 5.41) is 12.9. The Morgan fingerprint density at radius 1 is 1.33 bits per heavy atom. The molecule has 2 aromatic heterocycles. The van der Waals surface area contributed by atoms with E-state index in [9.17, 15) is 14.4 Å². The largest absolute Gasteiger partial charge is 0.367 e. The Kier molecular flexibility index (Phi) is 4.19. The summed E-state index contributed by atoms with van der Waals surface area (Å²) in [6.45, 7) is 2.19. The minimum Gasteiger partial charge on any atom is -0.367 e. The summed E-state index contributed by atoms with van der Waals surface area (Å²) < 4.78 is 1.64. The van der Waals surface area contributed by atoms with E-state index in [-0.39, 0.29) is 18.2 Å². The summed E-state index contributed by atoms with van der Waals surface area (Å²) in [5.74, 6) is 0.0613. The molecule has 3 N–H and O–H groups in total. The smallest absolute Gasteiger partial charge is 0.254 e. The van der Waals surface area contributed by atoms with Crippen molar-refractivity contribution in [2.75, 3.05) is 17.2 Å². The quantitative estimate of drug-likeness (QED) is 0.504. The van der Waals surface area contributed by atoms with E-state index in [1.807, 2.05) is 6.92 Å². The van der Waals surface area contributed by atoms with Crippen LogP contribution in [0, 0.1) is 0 Å². The fourth-order valence-corrected chi connectivity index (χ4v) is 3.38. The second-order valence-electron chi connectivity index (χ2n) is 7.59. The number of aliphatic imine (C=N–C) groups is 1. The number of fused-ring (bicyclic) bond motifs is 1. The third kappa shape index (κ3) is 3.47. The number of nitrogens with zero attached hydrogens (tertiary/aromatic N) is 4. The van der Waals surface area contributed by atoms with Crippen LogP contribution in [0.4, 0.5) is 11.6 Å². The Morgan fingerprint density at radius 3 is 2.83 bits per heavy atom. The number of carbonyl (C=O) groups excluding carboxylic acids is 3. The summed E-state index contributed by atoms with van der Waals surface area (Å²) in [7, 11) is 0. The van der Waals surface area contributed by atoms with Gasteiger partial charge in [0.1, 0.15) is 11.6 Å². The number of anilines is 2. The maximum absolute atomic E-state index is 12.6. The molecule has 1 saturated carbocycles. The van der Waals surface area contributed by atoms with Crippen LogP contribution in [-0.2, 0) is 14.4 Å². The summed E-state index contributed by atoms with van der Waals surface area (Å²) in [5.41, 5.74) is 2.80. The zero-order valence-electron chi connectivity index (χ0n) is 16.2. The molecule has 0 atom stereocenters. The van der Waals surface area contributed by atoms with E-state index in [0.717, 1.165) is 18.6 Å². The van der Waals surface area contributed by atoms with Crippen LogP contribution in [0.3, 0.4) is 0 Å². The second-order valence-corrected chi connectivity index (χ2v) is 7.59. The van der Waals surface area contributed by atoms with Gasteiger partial charge in [0, 0.05) is 34.5 Å². The maximum atomic E-state index is 12.6. The number of rotatable bonds is 5. The highest BCUT2D eigenvalue weighted by Crippen LogP contribution is 2.28. The average Bonchev–Trinajstić information content (AvgIpc) is 3.10. The van der Waals surface area contributed by atoms with Crippen LogP contribution in [0.25, 0.3) is 11.7 Å². The van der Waals surface area contributed by atoms with Gasteiger partial charge in [0.2, 0.25) is 5.91 Å². The zero-order chi connectivity index (χ0) is 20.8. The first kappa shape index (κ1) is 18.2. The van der Waals surface area contributed by atoms with Gasteiger partial charge >= 0.3 is 0 Å². The van der Waals surface area contributed by atoms with Gasteiger partial charge in [-0.15, -0.1) is 0 Å². The van der Waals surface area contributed by atoms with Crippen LogP contribution >= 0.6 is 0 Å². The molecule has 5 rings (SSSR count). The maximum Gasteiger partial charge on any atom is 0.254 e. The molecule has 30 heavy (non-hydrogen) atoms. The molecule has 2 aromatic rings. The van der Waals surface area contributed by atoms with Gasteiger partial charge in [0.05, 0.1) is 19.2 Å². The summed E-state index contributed by atoms with van der Waals surface area (Å²) in [4.78, 5) is 44.7. The van der Waals surface area contributed by atoms with Crippen molar-refractivity contribution in [3.63, 3.8) is 0 Å². The highest BCUT2D eigenvalue weighted by atomic mass is 16.2. The Hall–Kier alpha value is -3.82. The second kappa shape index (κ2) is 6.90. The van der Waals surface area contributed by atoms with Crippen molar-refractivity contribution in [1.29, 1.82) is 0 Å². The predicted octanol–water partition coefficient (Wildman–Crippen LogP) is 1.07. The van der Waals surface area contributed by atoms with E-state index in [1.165, 1.54) is 0 Å². The molecule has 2 aliphatic heterocycles. The lowest BCUT2D eigenvalue weighted by Crippen LogP contribution is -2.19. The fourth-order valence-electron chi connectivity index (χ4n) is 3.38. The highest BCUT2D eigenvalue weighted by Gasteiger charge is 2.26. The van der Waals surface area contributed by atoms with Crippen molar-refractivity contribution < 1.29 is 14.4 Å². The molecule has 0 unspecified atom stereocenters. The van der Waals surface area contributed by atoms with Crippen LogP contribution in [0.15, 0.2) is 34.5 Å². The molecule has 0 radical (unpaired) electrons. The van der Waals surface area contributed by atoms with E-state index < -0.39 is 5.91 Å². The van der Waals surface area contributed by atoms with Gasteiger partial charge in [-0.05, 0) is 31.9 Å². The normalized spacial score (nSPS) is 19.8. The van der Waals surface area contributed by atoms with Crippen LogP contribution in [-0.4, -0.2) is 50.6 Å². The van der Waals surface area contributed by atoms with E-state index in [1.54, 1.807) is 28.9 Å². The first-order chi connectivity index (χ1) is 14.5. The minimum atomic E-state index is -0.413. The Morgan fingerprint density at radius 2 is 2.17 bits per heavy atom. The molecule has 10 nitrogen and oxygen atoms in total. The molecule has 3 aliphatic rings. The SMILES string of the molecule is CC1=NCC(C(=O)Nc2cc(NC3CC3)n3ncc(/C=C4\CC(=O)NC4=O)c3n2)=C1. The number of allylic oxidation sites excluding steroid dienone is 1. The number of carbonyl (C=O) groups is 3. The lowest BCUT2D eigenvalue weighted by molar-refractivity contribution is -0.124. The van der Waals surface area contributed by atoms with Crippen molar-refractivity contribution in [2.24, 2.45) is 4.99 Å². The predicted molar refractivity (Wildman–Crippen MR) is 110 cm³/mol. The Balaban J connectivity index is 1.52. The molecule has 2 fully saturated rings. The number of amides is 3. The van der Waals surface area contributed by atoms with Crippen molar-refractivity contribution in [2.45, 2.75) is 32.2 Å². The van der Waals surface area contributed by atoms with Crippen molar-refractivity contribution in [1.82, 2.24) is 19.9 Å². The molecular weight excluding hydrogens is 386 g/mol. The molecular formula is C20H19N7O3. The third-order valence-corrected chi connectivity index (χ3v) is 5.07. The van der Waals surface area contributed by atoms with Crippen LogP contribution in [0.2, 0.25) is 0 Å². The topological polar surface area (TPSA) is 130 Å². The van der Waals surface area contributed by atoms with Crippen molar-refractivity contribution >= 4 is 46.8 Å². The molecule has 1 saturated heterocycles. The van der Waals surface area contributed by atoms with E-state index in [4.69, 9.17) is 0 Å². The number of hydrogen-bond acceptors (Lipinski definition) is 7. The van der Waals surface area contributed by atoms with Gasteiger partial charge in [0.25, 0.3) is 11.8 Å². The lowest BCUT2D eigenvalue weighted by Gasteiger charge is -2.11. The van der Waals surface area contributed by atoms with E-state index >= 15 is 0 Å². The lowest BCUT2D eigenvalue weighted by atomic mass is 10.1. The number of aromatic nitrogens is 3. The fraction of sp³-hybridized carbons (Fsp3) is 0.300. The van der Waals surface area contributed by atoms with E-state index in [2.05, 4.69) is 31.0 Å². The first-order valence-corrected chi connectivity index (χ1v) is 9.69. The van der Waals surface area contributed by atoms with Gasteiger partial charge < -0.3 is 10.6 Å². The Bertz CT molecular complexity index is 1200. The van der Waals surface area contributed by atoms with Gasteiger partial charge in [-0.2, -0.15) is 9.61 Å². The molecule has 10 heteroatoms. The molecule has 0 aromatic carbocycles. The zero-order valence-corrected chi connectivity index (χ0v) is 16.2. The van der Waals surface area contributed by atoms with E-state index in [0.29, 0.717) is 46.6 Å². The van der Waals surface area contributed by atoms with Crippen molar-refractivity contribution in [3.8, 4) is 0 Å². The number of hydrogen-bond donors (Lipinski definition) is 3. The van der Waals surface area contributed by atoms with Gasteiger partial charge in [-0.25, -0.2) is 4.98 Å². The summed E-state index contributed by atoms with van der Waals surface area (Å²) >= 11 is 0. The monoisotopic (exact) mass is 405 g/mol. The van der Waals surface area contributed by atoms with Gasteiger partial charge in [-0.1, -0.05) is 0 Å². The molecule has 0 bridgehead atoms. The Labute approximate surface area is 171 Å². The van der Waals surface area contributed by atoms with Crippen LogP contribution < -0.4 is 16.0 Å². The van der Waals surface area contributed by atoms with Crippen molar-refractivity contribution in [3.05, 3.63) is 35.0 Å². The first-order valence-electron chi connectivity index (χ1n) is 9.69. The summed E-state index contributed by atoms with van der Waals surface area (Å²) in [6, 6.07) is 2.10. The standard InChI is InChI=1S/C20H19N7O3/c1-10-4-13(8-21-10)20(30)25-15-7-16(23-14-2-3-14)27-18(24-15)12(9-22-27)5-11-6-17(28)26-19(11)29/h4-5,7,9,14,23H,2-3,6,8H2,1H3,(H,24,25,30)(H,26,28,29)/b11-5+. The summed E-state index contributed by atoms with van der Waals surface area (Å²) in [6.07, 6.45) is 7.10. The van der Waals surface area contributed by atoms with Gasteiger partial charge in [0.15, 0.2) is 5.65 Å². The molecule has 4 heterocycles. The minimum absolute atomic E-state index is 0.0211. The third-order valence-electron chi connectivity index (χ3n) is 5.07. The molecule has 0 spiro atoms. The average molecular weight is 405 g/mol. The van der Waals surface area contributed by atoms with Crippen LogP contribution in [0.1, 0.15) is 31.7 Å². The number of nitrogens with one attached hydrogen (secondary N) is 3.